The van der Waals surface area contributed by atoms with Crippen LogP contribution >= 0.6 is 0 Å². The van der Waals surface area contributed by atoms with Crippen LogP contribution in [0.1, 0.15) is 67.7 Å². The van der Waals surface area contributed by atoms with E-state index < -0.39 is 0 Å². The summed E-state index contributed by atoms with van der Waals surface area (Å²) in [6, 6.07) is 10.4. The Labute approximate surface area is 172 Å². The van der Waals surface area contributed by atoms with Crippen molar-refractivity contribution in [2.75, 3.05) is 0 Å². The molecule has 0 saturated carbocycles. The van der Waals surface area contributed by atoms with E-state index in [9.17, 15) is 4.79 Å². The van der Waals surface area contributed by atoms with Gasteiger partial charge >= 0.3 is 0 Å². The first-order valence-electron chi connectivity index (χ1n) is 10.5. The first-order chi connectivity index (χ1) is 14.1. The monoisotopic (exact) mass is 391 g/mol. The van der Waals surface area contributed by atoms with E-state index in [1.165, 1.54) is 16.8 Å². The van der Waals surface area contributed by atoms with Crippen LogP contribution in [-0.2, 0) is 24.3 Å². The van der Waals surface area contributed by atoms with Gasteiger partial charge in [-0.25, -0.2) is 4.98 Å². The van der Waals surface area contributed by atoms with Gasteiger partial charge in [0.25, 0.3) is 0 Å². The highest BCUT2D eigenvalue weighted by atomic mass is 16.1. The van der Waals surface area contributed by atoms with Gasteiger partial charge in [-0.2, -0.15) is 5.10 Å². The number of hydrogen-bond acceptors (Lipinski definition) is 3. The van der Waals surface area contributed by atoms with Crippen molar-refractivity contribution in [3.05, 3.63) is 71.6 Å². The zero-order valence-electron chi connectivity index (χ0n) is 17.2. The second kappa shape index (κ2) is 8.64. The molecule has 29 heavy (non-hydrogen) atoms. The van der Waals surface area contributed by atoms with Crippen molar-refractivity contribution in [2.45, 2.75) is 64.6 Å². The van der Waals surface area contributed by atoms with Gasteiger partial charge in [-0.15, -0.1) is 0 Å². The predicted octanol–water partition coefficient (Wildman–Crippen LogP) is 3.84. The molecule has 1 unspecified atom stereocenters. The van der Waals surface area contributed by atoms with Crippen molar-refractivity contribution in [3.8, 4) is 0 Å². The number of carbonyl (C=O) groups excluding carboxylic acids is 1. The molecule has 2 heterocycles. The number of amides is 1. The van der Waals surface area contributed by atoms with E-state index >= 15 is 0 Å². The van der Waals surface area contributed by atoms with Crippen LogP contribution in [-0.4, -0.2) is 25.2 Å². The highest BCUT2D eigenvalue weighted by molar-refractivity contribution is 5.76. The molecule has 1 aromatic carbocycles. The molecule has 1 N–H and O–H groups in total. The molecule has 152 valence electrons. The minimum atomic E-state index is 0.0585. The summed E-state index contributed by atoms with van der Waals surface area (Å²) in [5.41, 5.74) is 3.67. The molecular formula is C23H29N5O. The van der Waals surface area contributed by atoms with Gasteiger partial charge in [0.15, 0.2) is 0 Å². The van der Waals surface area contributed by atoms with Crippen molar-refractivity contribution in [3.63, 3.8) is 0 Å². The number of carbonyl (C=O) groups is 1. The number of imidazole rings is 1. The molecule has 6 heteroatoms. The predicted molar refractivity (Wildman–Crippen MR) is 113 cm³/mol. The number of aromatic nitrogens is 4. The van der Waals surface area contributed by atoms with E-state index in [1.54, 1.807) is 0 Å². The second-order valence-corrected chi connectivity index (χ2v) is 8.09. The van der Waals surface area contributed by atoms with Gasteiger partial charge in [-0.3, -0.25) is 9.48 Å². The third-order valence-corrected chi connectivity index (χ3v) is 5.62. The molecule has 1 amide bonds. The summed E-state index contributed by atoms with van der Waals surface area (Å²) in [4.78, 5) is 17.0. The van der Waals surface area contributed by atoms with E-state index in [4.69, 9.17) is 0 Å². The van der Waals surface area contributed by atoms with Crippen molar-refractivity contribution >= 4 is 5.91 Å². The fourth-order valence-electron chi connectivity index (χ4n) is 4.16. The van der Waals surface area contributed by atoms with Crippen molar-refractivity contribution in [2.24, 2.45) is 0 Å². The summed E-state index contributed by atoms with van der Waals surface area (Å²) in [7, 11) is 0. The van der Waals surface area contributed by atoms with E-state index in [2.05, 4.69) is 62.8 Å². The minimum Gasteiger partial charge on any atom is -0.349 e. The lowest BCUT2D eigenvalue weighted by Gasteiger charge is -2.24. The van der Waals surface area contributed by atoms with Gasteiger partial charge in [-0.05, 0) is 24.8 Å². The Morgan fingerprint density at radius 2 is 2.10 bits per heavy atom. The van der Waals surface area contributed by atoms with Crippen LogP contribution in [0, 0.1) is 0 Å². The number of nitrogens with one attached hydrogen (secondary N) is 1. The molecule has 1 atom stereocenters. The Hall–Kier alpha value is -2.89. The van der Waals surface area contributed by atoms with Crippen molar-refractivity contribution in [1.29, 1.82) is 0 Å². The summed E-state index contributed by atoms with van der Waals surface area (Å²) in [6.07, 6.45) is 9.21. The molecule has 3 aromatic rings. The first-order valence-corrected chi connectivity index (χ1v) is 10.5. The lowest BCUT2D eigenvalue weighted by Crippen LogP contribution is -2.31. The van der Waals surface area contributed by atoms with Crippen LogP contribution in [0.4, 0.5) is 0 Å². The second-order valence-electron chi connectivity index (χ2n) is 8.09. The number of rotatable bonds is 7. The van der Waals surface area contributed by atoms with E-state index in [1.807, 2.05) is 24.7 Å². The van der Waals surface area contributed by atoms with E-state index in [-0.39, 0.29) is 11.9 Å². The number of benzene rings is 1. The summed E-state index contributed by atoms with van der Waals surface area (Å²) in [5.74, 6) is 1.46. The number of aryl methyl sites for hydroxylation is 1. The maximum Gasteiger partial charge on any atom is 0.222 e. The van der Waals surface area contributed by atoms with Crippen LogP contribution in [0.15, 0.2) is 48.9 Å². The normalized spacial score (nSPS) is 16.0. The smallest absolute Gasteiger partial charge is 0.222 e. The van der Waals surface area contributed by atoms with Crippen LogP contribution in [0.25, 0.3) is 0 Å². The zero-order valence-corrected chi connectivity index (χ0v) is 17.2. The van der Waals surface area contributed by atoms with Gasteiger partial charge in [0.05, 0.1) is 18.8 Å². The maximum atomic E-state index is 12.6. The van der Waals surface area contributed by atoms with Gasteiger partial charge in [0, 0.05) is 42.5 Å². The van der Waals surface area contributed by atoms with Crippen molar-refractivity contribution < 1.29 is 4.79 Å². The molecule has 2 aromatic heterocycles. The maximum absolute atomic E-state index is 12.6. The molecule has 0 aliphatic heterocycles. The fourth-order valence-corrected chi connectivity index (χ4v) is 4.16. The SMILES string of the molecule is CC(C)c1nccn1CCC(=O)NC1CCCc2c1cnn2Cc1ccccc1. The van der Waals surface area contributed by atoms with Gasteiger partial charge in [0.2, 0.25) is 5.91 Å². The lowest BCUT2D eigenvalue weighted by molar-refractivity contribution is -0.122. The Morgan fingerprint density at radius 3 is 2.90 bits per heavy atom. The summed E-state index contributed by atoms with van der Waals surface area (Å²) in [5, 5.41) is 7.86. The number of nitrogens with zero attached hydrogens (tertiary/aromatic N) is 4. The van der Waals surface area contributed by atoms with Crippen LogP contribution in [0.2, 0.25) is 0 Å². The van der Waals surface area contributed by atoms with E-state index in [0.717, 1.165) is 31.6 Å². The van der Waals surface area contributed by atoms with Gasteiger partial charge in [-0.1, -0.05) is 44.2 Å². The van der Waals surface area contributed by atoms with E-state index in [0.29, 0.717) is 18.9 Å². The molecule has 1 aliphatic carbocycles. The highest BCUT2D eigenvalue weighted by Crippen LogP contribution is 2.30. The standard InChI is InChI=1S/C23H29N5O/c1-17(2)23-24-12-14-27(23)13-11-22(29)26-20-9-6-10-21-19(20)15-25-28(21)16-18-7-4-3-5-8-18/h3-5,7-8,12,14-15,17,20H,6,9-11,13,16H2,1-2H3,(H,26,29). The molecule has 0 radical (unpaired) electrons. The molecule has 4 rings (SSSR count). The number of fused-ring (bicyclic) bond motifs is 1. The molecule has 0 spiro atoms. The number of hydrogen-bond donors (Lipinski definition) is 1. The quantitative estimate of drug-likeness (QED) is 0.666. The zero-order chi connectivity index (χ0) is 20.2. The third kappa shape index (κ3) is 4.42. The Bertz CT molecular complexity index is 957. The third-order valence-electron chi connectivity index (χ3n) is 5.62. The Balaban J connectivity index is 1.39. The summed E-state index contributed by atoms with van der Waals surface area (Å²) in [6.45, 7) is 5.67. The Morgan fingerprint density at radius 1 is 1.28 bits per heavy atom. The average molecular weight is 392 g/mol. The lowest BCUT2D eigenvalue weighted by atomic mass is 9.92. The molecule has 0 bridgehead atoms. The van der Waals surface area contributed by atoms with Crippen LogP contribution in [0.3, 0.4) is 0 Å². The van der Waals surface area contributed by atoms with Gasteiger partial charge in [0.1, 0.15) is 5.82 Å². The molecule has 1 aliphatic rings. The average Bonchev–Trinajstić information content (AvgIpc) is 3.35. The fraction of sp³-hybridized carbons (Fsp3) is 0.435. The summed E-state index contributed by atoms with van der Waals surface area (Å²) < 4.78 is 4.16. The summed E-state index contributed by atoms with van der Waals surface area (Å²) >= 11 is 0. The topological polar surface area (TPSA) is 64.7 Å². The highest BCUT2D eigenvalue weighted by Gasteiger charge is 2.25. The van der Waals surface area contributed by atoms with Crippen LogP contribution < -0.4 is 5.32 Å². The van der Waals surface area contributed by atoms with Crippen molar-refractivity contribution in [1.82, 2.24) is 24.6 Å². The molecule has 0 saturated heterocycles. The largest absolute Gasteiger partial charge is 0.349 e. The first kappa shape index (κ1) is 19.4. The van der Waals surface area contributed by atoms with Gasteiger partial charge < -0.3 is 9.88 Å². The molecule has 6 nitrogen and oxygen atoms in total. The van der Waals surface area contributed by atoms with Crippen LogP contribution in [0.5, 0.6) is 0 Å². The minimum absolute atomic E-state index is 0.0585. The molecule has 0 fully saturated rings. The molecular weight excluding hydrogens is 362 g/mol. The Kier molecular flexibility index (Phi) is 5.79.